The lowest BCUT2D eigenvalue weighted by Gasteiger charge is -2.03. The average Bonchev–Trinajstić information content (AvgIpc) is 2.86. The maximum atomic E-state index is 12.0. The van der Waals surface area contributed by atoms with Gasteiger partial charge in [0, 0.05) is 12.7 Å². The van der Waals surface area contributed by atoms with Crippen molar-refractivity contribution in [2.24, 2.45) is 0 Å². The minimum absolute atomic E-state index is 0.0455. The van der Waals surface area contributed by atoms with Gasteiger partial charge in [-0.05, 0) is 13.8 Å². The topological polar surface area (TPSA) is 119 Å². The van der Waals surface area contributed by atoms with Crippen LogP contribution in [-0.2, 0) is 16.6 Å². The summed E-state index contributed by atoms with van der Waals surface area (Å²) in [6.07, 6.45) is 2.80. The predicted octanol–water partition coefficient (Wildman–Crippen LogP) is 0.318. The van der Waals surface area contributed by atoms with E-state index in [1.54, 1.807) is 11.5 Å². The SMILES string of the molecule is CCn1cc(S(=O)(=O)Nc2[nH]ncc2N)nc1C. The molecule has 4 N–H and O–H groups in total. The van der Waals surface area contributed by atoms with Crippen LogP contribution >= 0.6 is 0 Å². The van der Waals surface area contributed by atoms with Crippen LogP contribution < -0.4 is 10.5 Å². The molecule has 0 saturated carbocycles. The Hall–Kier alpha value is -2.03. The van der Waals surface area contributed by atoms with E-state index in [4.69, 9.17) is 5.73 Å². The minimum atomic E-state index is -3.75. The van der Waals surface area contributed by atoms with Gasteiger partial charge in [0.2, 0.25) is 0 Å². The Bertz CT molecular complexity index is 656. The molecule has 0 aliphatic rings. The second kappa shape index (κ2) is 4.33. The maximum Gasteiger partial charge on any atom is 0.282 e. The predicted molar refractivity (Wildman–Crippen MR) is 66.4 cm³/mol. The number of anilines is 2. The van der Waals surface area contributed by atoms with Crippen molar-refractivity contribution in [3.8, 4) is 0 Å². The molecule has 0 bridgehead atoms. The van der Waals surface area contributed by atoms with Gasteiger partial charge in [-0.3, -0.25) is 9.82 Å². The zero-order valence-corrected chi connectivity index (χ0v) is 10.8. The van der Waals surface area contributed by atoms with Crippen LogP contribution in [-0.4, -0.2) is 28.2 Å². The molecule has 2 aromatic rings. The number of sulfonamides is 1. The summed E-state index contributed by atoms with van der Waals surface area (Å²) < 4.78 is 28.1. The van der Waals surface area contributed by atoms with Crippen molar-refractivity contribution in [1.29, 1.82) is 0 Å². The Labute approximate surface area is 104 Å². The summed E-state index contributed by atoms with van der Waals surface area (Å²) in [7, 11) is -3.75. The van der Waals surface area contributed by atoms with Gasteiger partial charge in [-0.25, -0.2) is 4.98 Å². The molecule has 0 atom stereocenters. The largest absolute Gasteiger partial charge is 0.394 e. The molecule has 0 fully saturated rings. The van der Waals surface area contributed by atoms with Crippen LogP contribution in [0.25, 0.3) is 0 Å². The van der Waals surface area contributed by atoms with Gasteiger partial charge in [-0.2, -0.15) is 13.5 Å². The summed E-state index contributed by atoms with van der Waals surface area (Å²) in [5.74, 6) is 0.772. The van der Waals surface area contributed by atoms with Crippen LogP contribution in [0.15, 0.2) is 17.4 Å². The first-order valence-electron chi connectivity index (χ1n) is 5.29. The van der Waals surface area contributed by atoms with Gasteiger partial charge in [-0.1, -0.05) is 0 Å². The number of hydrogen-bond acceptors (Lipinski definition) is 5. The Morgan fingerprint density at radius 3 is 2.78 bits per heavy atom. The van der Waals surface area contributed by atoms with Crippen molar-refractivity contribution in [3.05, 3.63) is 18.2 Å². The molecule has 0 saturated heterocycles. The second-order valence-electron chi connectivity index (χ2n) is 3.72. The highest BCUT2D eigenvalue weighted by Crippen LogP contribution is 2.18. The van der Waals surface area contributed by atoms with E-state index in [1.165, 1.54) is 12.4 Å². The smallest absolute Gasteiger partial charge is 0.282 e. The van der Waals surface area contributed by atoms with Crippen molar-refractivity contribution in [1.82, 2.24) is 19.7 Å². The van der Waals surface area contributed by atoms with Gasteiger partial charge in [0.15, 0.2) is 10.8 Å². The molecule has 98 valence electrons. The van der Waals surface area contributed by atoms with Gasteiger partial charge in [-0.15, -0.1) is 0 Å². The van der Waals surface area contributed by atoms with E-state index >= 15 is 0 Å². The number of nitrogens with one attached hydrogen (secondary N) is 2. The number of nitrogens with zero attached hydrogens (tertiary/aromatic N) is 3. The van der Waals surface area contributed by atoms with Gasteiger partial charge in [0.1, 0.15) is 5.82 Å². The number of aryl methyl sites for hydroxylation is 2. The molecule has 9 heteroatoms. The normalized spacial score (nSPS) is 11.7. The molecule has 0 aliphatic carbocycles. The molecular formula is C9H14N6O2S. The molecule has 18 heavy (non-hydrogen) atoms. The molecular weight excluding hydrogens is 256 g/mol. The fourth-order valence-electron chi connectivity index (χ4n) is 1.49. The summed E-state index contributed by atoms with van der Waals surface area (Å²) in [6.45, 7) is 4.30. The molecule has 0 amide bonds. The third kappa shape index (κ3) is 2.16. The van der Waals surface area contributed by atoms with Crippen LogP contribution in [0.5, 0.6) is 0 Å². The molecule has 0 unspecified atom stereocenters. The summed E-state index contributed by atoms with van der Waals surface area (Å²) in [4.78, 5) is 4.00. The molecule has 2 rings (SSSR count). The van der Waals surface area contributed by atoms with Crippen molar-refractivity contribution < 1.29 is 8.42 Å². The van der Waals surface area contributed by atoms with Crippen molar-refractivity contribution in [3.63, 3.8) is 0 Å². The summed E-state index contributed by atoms with van der Waals surface area (Å²) in [5, 5.41) is 6.06. The molecule has 0 aliphatic heterocycles. The van der Waals surface area contributed by atoms with Crippen molar-refractivity contribution in [2.75, 3.05) is 10.5 Å². The van der Waals surface area contributed by atoms with Crippen LogP contribution in [0.2, 0.25) is 0 Å². The first-order valence-corrected chi connectivity index (χ1v) is 6.77. The first-order chi connectivity index (χ1) is 8.44. The highest BCUT2D eigenvalue weighted by atomic mass is 32.2. The van der Waals surface area contributed by atoms with Gasteiger partial charge < -0.3 is 10.3 Å². The van der Waals surface area contributed by atoms with Gasteiger partial charge >= 0.3 is 0 Å². The quantitative estimate of drug-likeness (QED) is 0.739. The number of hydrogen-bond donors (Lipinski definition) is 3. The van der Waals surface area contributed by atoms with E-state index in [1.807, 2.05) is 6.92 Å². The molecule has 8 nitrogen and oxygen atoms in total. The number of nitrogens with two attached hydrogens (primary N) is 1. The third-order valence-electron chi connectivity index (χ3n) is 2.48. The highest BCUT2D eigenvalue weighted by molar-refractivity contribution is 7.92. The zero-order chi connectivity index (χ0) is 13.3. The fraction of sp³-hybridized carbons (Fsp3) is 0.333. The number of aromatic nitrogens is 4. The number of H-pyrrole nitrogens is 1. The maximum absolute atomic E-state index is 12.0. The van der Waals surface area contributed by atoms with Crippen LogP contribution in [0.3, 0.4) is 0 Å². The number of aromatic amines is 1. The Balaban J connectivity index is 2.33. The first kappa shape index (κ1) is 12.4. The average molecular weight is 270 g/mol. The van der Waals surface area contributed by atoms with E-state index < -0.39 is 10.0 Å². The van der Waals surface area contributed by atoms with E-state index in [0.717, 1.165) is 0 Å². The Kier molecular flexibility index (Phi) is 2.99. The Morgan fingerprint density at radius 2 is 2.28 bits per heavy atom. The van der Waals surface area contributed by atoms with Crippen LogP contribution in [0.4, 0.5) is 11.5 Å². The fourth-order valence-corrected chi connectivity index (χ4v) is 2.55. The van der Waals surface area contributed by atoms with Gasteiger partial charge in [0.05, 0.1) is 11.9 Å². The van der Waals surface area contributed by atoms with Crippen molar-refractivity contribution in [2.45, 2.75) is 25.4 Å². The Morgan fingerprint density at radius 1 is 1.56 bits per heavy atom. The second-order valence-corrected chi connectivity index (χ2v) is 5.35. The molecule has 0 radical (unpaired) electrons. The molecule has 2 aromatic heterocycles. The summed E-state index contributed by atoms with van der Waals surface area (Å²) >= 11 is 0. The monoisotopic (exact) mass is 270 g/mol. The van der Waals surface area contributed by atoms with E-state index in [9.17, 15) is 8.42 Å². The lowest BCUT2D eigenvalue weighted by atomic mass is 10.6. The van der Waals surface area contributed by atoms with Crippen LogP contribution in [0.1, 0.15) is 12.7 Å². The molecule has 0 aromatic carbocycles. The number of rotatable bonds is 4. The standard InChI is InChI=1S/C9H14N6O2S/c1-3-15-5-8(12-6(15)2)18(16,17)14-9-7(10)4-11-13-9/h4-5H,3,10H2,1-2H3,(H2,11,13,14). The number of nitrogen functional groups attached to an aromatic ring is 1. The van der Waals surface area contributed by atoms with Crippen LogP contribution in [0, 0.1) is 6.92 Å². The number of imidazole rings is 1. The van der Waals surface area contributed by atoms with E-state index in [-0.39, 0.29) is 16.5 Å². The highest BCUT2D eigenvalue weighted by Gasteiger charge is 2.20. The minimum Gasteiger partial charge on any atom is -0.394 e. The van der Waals surface area contributed by atoms with Gasteiger partial charge in [0.25, 0.3) is 10.0 Å². The third-order valence-corrected chi connectivity index (χ3v) is 3.70. The molecule has 2 heterocycles. The summed E-state index contributed by atoms with van der Waals surface area (Å²) in [5.41, 5.74) is 5.77. The molecule has 0 spiro atoms. The van der Waals surface area contributed by atoms with E-state index in [2.05, 4.69) is 19.9 Å². The lowest BCUT2D eigenvalue weighted by molar-refractivity contribution is 0.597. The summed E-state index contributed by atoms with van der Waals surface area (Å²) in [6, 6.07) is 0. The van der Waals surface area contributed by atoms with E-state index in [0.29, 0.717) is 12.4 Å². The zero-order valence-electron chi connectivity index (χ0n) is 10.0. The lowest BCUT2D eigenvalue weighted by Crippen LogP contribution is -2.14. The van der Waals surface area contributed by atoms with Crippen molar-refractivity contribution >= 4 is 21.5 Å².